The van der Waals surface area contributed by atoms with Crippen LogP contribution in [0.4, 0.5) is 22.7 Å². The lowest BCUT2D eigenvalue weighted by Crippen LogP contribution is -2.43. The molecule has 0 bridgehead atoms. The van der Waals surface area contributed by atoms with Gasteiger partial charge in [-0.2, -0.15) is 0 Å². The molecule has 2 aliphatic carbocycles. The van der Waals surface area contributed by atoms with Gasteiger partial charge in [-0.25, -0.2) is 0 Å². The van der Waals surface area contributed by atoms with Gasteiger partial charge >= 0.3 is 0 Å². The van der Waals surface area contributed by atoms with E-state index in [1.54, 1.807) is 18.2 Å². The summed E-state index contributed by atoms with van der Waals surface area (Å²) in [5, 5.41) is 33.7. The number of allylic oxidation sites excluding steroid dienone is 2. The monoisotopic (exact) mass is 638 g/mol. The van der Waals surface area contributed by atoms with E-state index in [1.807, 2.05) is 6.08 Å². The minimum absolute atomic E-state index is 0.0695. The maximum Gasteiger partial charge on any atom is 0.269 e. The minimum Gasteiger partial charge on any atom is -0.504 e. The molecule has 4 amide bonds. The Morgan fingerprint density at radius 1 is 0.723 bits per heavy atom. The maximum absolute atomic E-state index is 14.2. The smallest absolute Gasteiger partial charge is 0.269 e. The summed E-state index contributed by atoms with van der Waals surface area (Å²) in [4.78, 5) is 79.4. The minimum atomic E-state index is -0.979. The molecule has 0 unspecified atom stereocenters. The van der Waals surface area contributed by atoms with Crippen molar-refractivity contribution in [2.75, 3.05) is 16.9 Å². The van der Waals surface area contributed by atoms with Crippen LogP contribution < -0.4 is 14.5 Å². The van der Waals surface area contributed by atoms with Crippen LogP contribution >= 0.6 is 0 Å². The fourth-order valence-electron chi connectivity index (χ4n) is 7.85. The van der Waals surface area contributed by atoms with Crippen molar-refractivity contribution in [3.05, 3.63) is 104 Å². The normalized spacial score (nSPS) is 26.4. The van der Waals surface area contributed by atoms with Gasteiger partial charge in [0.25, 0.3) is 11.4 Å². The van der Waals surface area contributed by atoms with Crippen LogP contribution in [0.25, 0.3) is 0 Å². The van der Waals surface area contributed by atoms with Crippen molar-refractivity contribution in [1.29, 1.82) is 0 Å². The van der Waals surface area contributed by atoms with Crippen molar-refractivity contribution in [3.63, 3.8) is 0 Å². The zero-order chi connectivity index (χ0) is 33.3. The number of carbonyl (C=O) groups is 4. The van der Waals surface area contributed by atoms with Crippen LogP contribution in [0, 0.1) is 49.8 Å². The standard InChI is InChI=1S/C33H26N4O10/c1-47-25-4-2-3-21(29(25)38)26-20-13-14-22-27(32(41)34(30(22)39)16-5-9-18(10-6-16)36(43)44)23(20)15-24-28(26)33(42)35(31(24)40)17-7-11-19(12-8-17)37(45)46/h2-13,22-24,26-28,38H,14-15H2,1H3/t22-,23+,24+,26+,27-,28+/m0/s1. The van der Waals surface area contributed by atoms with Gasteiger partial charge in [0.15, 0.2) is 11.5 Å². The van der Waals surface area contributed by atoms with Gasteiger partial charge in [-0.15, -0.1) is 0 Å². The number of anilines is 2. The zero-order valence-electron chi connectivity index (χ0n) is 24.7. The number of carbonyl (C=O) groups excluding carboxylic acids is 4. The lowest BCUT2D eigenvalue weighted by molar-refractivity contribution is -0.385. The number of ether oxygens (including phenoxy) is 1. The van der Waals surface area contributed by atoms with E-state index in [9.17, 15) is 44.5 Å². The number of rotatable bonds is 6. The number of methoxy groups -OCH3 is 1. The van der Waals surface area contributed by atoms with Crippen LogP contribution in [0.3, 0.4) is 0 Å². The Kier molecular flexibility index (Phi) is 6.88. The summed E-state index contributed by atoms with van der Waals surface area (Å²) in [5.74, 6) is -7.23. The third-order valence-electron chi connectivity index (χ3n) is 9.87. The topological polar surface area (TPSA) is 190 Å². The predicted octanol–water partition coefficient (Wildman–Crippen LogP) is 4.26. The number of imide groups is 2. The van der Waals surface area contributed by atoms with Gasteiger partial charge in [-0.1, -0.05) is 23.8 Å². The molecule has 14 nitrogen and oxygen atoms in total. The lowest BCUT2D eigenvalue weighted by Gasteiger charge is -2.44. The van der Waals surface area contributed by atoms with Gasteiger partial charge in [0.05, 0.1) is 52.0 Å². The molecule has 2 saturated heterocycles. The number of phenols is 1. The Labute approximate surface area is 266 Å². The molecule has 0 aromatic heterocycles. The fourth-order valence-corrected chi connectivity index (χ4v) is 7.85. The van der Waals surface area contributed by atoms with Crippen molar-refractivity contribution in [3.8, 4) is 11.5 Å². The molecule has 0 radical (unpaired) electrons. The van der Waals surface area contributed by atoms with Gasteiger partial charge < -0.3 is 9.84 Å². The average molecular weight is 639 g/mol. The maximum atomic E-state index is 14.2. The molecule has 1 saturated carbocycles. The van der Waals surface area contributed by atoms with Crippen LogP contribution in [-0.2, 0) is 19.2 Å². The highest BCUT2D eigenvalue weighted by atomic mass is 16.6. The number of nitrogens with zero attached hydrogens (tertiary/aromatic N) is 4. The first-order chi connectivity index (χ1) is 22.5. The summed E-state index contributed by atoms with van der Waals surface area (Å²) in [6.45, 7) is 0. The van der Waals surface area contributed by atoms with E-state index in [0.717, 1.165) is 9.80 Å². The molecule has 47 heavy (non-hydrogen) atoms. The Hall–Kier alpha value is -5.92. The molecule has 3 fully saturated rings. The van der Waals surface area contributed by atoms with E-state index < -0.39 is 69.0 Å². The van der Waals surface area contributed by atoms with Gasteiger partial charge in [0, 0.05) is 35.7 Å². The van der Waals surface area contributed by atoms with E-state index in [0.29, 0.717) is 11.1 Å². The largest absolute Gasteiger partial charge is 0.504 e. The van der Waals surface area contributed by atoms with E-state index in [-0.39, 0.29) is 47.1 Å². The molecule has 2 aliphatic heterocycles. The first-order valence-electron chi connectivity index (χ1n) is 14.8. The fraction of sp³-hybridized carbons (Fsp3) is 0.273. The Morgan fingerprint density at radius 3 is 1.79 bits per heavy atom. The number of hydrogen-bond donors (Lipinski definition) is 1. The number of nitro benzene ring substituents is 2. The quantitative estimate of drug-likeness (QED) is 0.177. The second kappa shape index (κ2) is 10.9. The summed E-state index contributed by atoms with van der Waals surface area (Å²) < 4.78 is 5.35. The summed E-state index contributed by atoms with van der Waals surface area (Å²) in [7, 11) is 1.38. The van der Waals surface area contributed by atoms with E-state index in [4.69, 9.17) is 4.74 Å². The molecule has 0 spiro atoms. The second-order valence-corrected chi connectivity index (χ2v) is 12.0. The van der Waals surface area contributed by atoms with Crippen molar-refractivity contribution in [2.45, 2.75) is 18.8 Å². The van der Waals surface area contributed by atoms with Crippen molar-refractivity contribution >= 4 is 46.4 Å². The molecule has 4 aliphatic rings. The van der Waals surface area contributed by atoms with Gasteiger partial charge in [-0.3, -0.25) is 49.2 Å². The Balaban J connectivity index is 1.32. The molecule has 3 aromatic rings. The Morgan fingerprint density at radius 2 is 1.26 bits per heavy atom. The first-order valence-corrected chi connectivity index (χ1v) is 14.8. The molecule has 2 heterocycles. The second-order valence-electron chi connectivity index (χ2n) is 12.0. The number of amides is 4. The summed E-state index contributed by atoms with van der Waals surface area (Å²) in [6, 6.07) is 15.0. The number of para-hydroxylation sites is 1. The predicted molar refractivity (Wildman–Crippen MR) is 163 cm³/mol. The van der Waals surface area contributed by atoms with Crippen LogP contribution in [0.1, 0.15) is 24.3 Å². The summed E-state index contributed by atoms with van der Waals surface area (Å²) >= 11 is 0. The van der Waals surface area contributed by atoms with Crippen LogP contribution in [0.5, 0.6) is 11.5 Å². The number of aromatic hydroxyl groups is 1. The molecule has 14 heteroatoms. The molecule has 3 aromatic carbocycles. The van der Waals surface area contributed by atoms with Crippen molar-refractivity contribution < 1.29 is 38.9 Å². The van der Waals surface area contributed by atoms with Crippen molar-refractivity contribution in [2.24, 2.45) is 29.6 Å². The van der Waals surface area contributed by atoms with Gasteiger partial charge in [-0.05, 0) is 49.1 Å². The van der Waals surface area contributed by atoms with Crippen LogP contribution in [0.15, 0.2) is 78.4 Å². The van der Waals surface area contributed by atoms with Crippen molar-refractivity contribution in [1.82, 2.24) is 0 Å². The number of phenolic OH excluding ortho intramolecular Hbond substituents is 1. The van der Waals surface area contributed by atoms with Gasteiger partial charge in [0.2, 0.25) is 23.6 Å². The first kappa shape index (κ1) is 29.8. The molecular weight excluding hydrogens is 612 g/mol. The molecule has 7 rings (SSSR count). The molecular formula is C33H26N4O10. The molecule has 1 N–H and O–H groups in total. The van der Waals surface area contributed by atoms with Crippen LogP contribution in [0.2, 0.25) is 0 Å². The summed E-state index contributed by atoms with van der Waals surface area (Å²) in [5.41, 5.74) is 0.900. The SMILES string of the molecule is COc1cccc([C@H]2C3=CC[C@@H]4C(=O)N(c5ccc([N+](=O)[O-])cc5)C(=O)[C@@H]4[C@@H]3C[C@H]3C(=O)N(c4ccc([N+](=O)[O-])cc4)C(=O)[C@@H]23)c1O. The van der Waals surface area contributed by atoms with E-state index >= 15 is 0 Å². The highest BCUT2D eigenvalue weighted by Crippen LogP contribution is 2.60. The third-order valence-corrected chi connectivity index (χ3v) is 9.87. The number of non-ortho nitro benzene ring substituents is 2. The Bertz CT molecular complexity index is 1920. The number of hydrogen-bond acceptors (Lipinski definition) is 10. The van der Waals surface area contributed by atoms with Gasteiger partial charge in [0.1, 0.15) is 0 Å². The molecule has 6 atom stereocenters. The third kappa shape index (κ3) is 4.39. The lowest BCUT2D eigenvalue weighted by atomic mass is 9.57. The van der Waals surface area contributed by atoms with Crippen LogP contribution in [-0.4, -0.2) is 45.7 Å². The average Bonchev–Trinajstić information content (AvgIpc) is 3.47. The highest BCUT2D eigenvalue weighted by Gasteiger charge is 2.62. The molecule has 238 valence electrons. The van der Waals surface area contributed by atoms with E-state index in [1.165, 1.54) is 55.6 Å². The van der Waals surface area contributed by atoms with E-state index in [2.05, 4.69) is 0 Å². The number of benzene rings is 3. The highest BCUT2D eigenvalue weighted by molar-refractivity contribution is 6.24. The summed E-state index contributed by atoms with van der Waals surface area (Å²) in [6.07, 6.45) is 2.06. The number of fused-ring (bicyclic) bond motifs is 4. The number of nitro groups is 2. The zero-order valence-corrected chi connectivity index (χ0v) is 24.7.